The smallest absolute Gasteiger partial charge is 0.325 e. The molecule has 8 nitrogen and oxygen atoms in total. The molecule has 3 aliphatic rings. The lowest BCUT2D eigenvalue weighted by Gasteiger charge is -2.28. The lowest BCUT2D eigenvalue weighted by molar-refractivity contribution is -0.139. The number of hydrogen-bond donors (Lipinski definition) is 1. The molecule has 2 saturated heterocycles. The molecule has 4 amide bonds. The Hall–Kier alpha value is -2.77. The van der Waals surface area contributed by atoms with Gasteiger partial charge < -0.3 is 19.7 Å². The number of ether oxygens (including phenoxy) is 2. The van der Waals surface area contributed by atoms with Crippen molar-refractivity contribution in [2.75, 3.05) is 27.3 Å². The summed E-state index contributed by atoms with van der Waals surface area (Å²) in [6.45, 7) is 0.355. The van der Waals surface area contributed by atoms with Gasteiger partial charge in [-0.25, -0.2) is 4.79 Å². The summed E-state index contributed by atoms with van der Waals surface area (Å²) < 4.78 is 10.9. The maximum atomic E-state index is 13.2. The number of benzene rings is 1. The van der Waals surface area contributed by atoms with Gasteiger partial charge in [0.1, 0.15) is 23.6 Å². The van der Waals surface area contributed by atoms with E-state index in [1.807, 2.05) is 18.2 Å². The van der Waals surface area contributed by atoms with Gasteiger partial charge in [0.25, 0.3) is 5.91 Å². The van der Waals surface area contributed by atoms with Gasteiger partial charge in [0.05, 0.1) is 20.3 Å². The molecule has 1 spiro atoms. The fourth-order valence-corrected chi connectivity index (χ4v) is 5.21. The number of amides is 4. The third-order valence-corrected chi connectivity index (χ3v) is 6.87. The number of likely N-dealkylation sites (tertiary alicyclic amines) is 1. The van der Waals surface area contributed by atoms with Gasteiger partial charge in [0.2, 0.25) is 5.91 Å². The first kappa shape index (κ1) is 21.5. The largest absolute Gasteiger partial charge is 0.497 e. The highest BCUT2D eigenvalue weighted by molar-refractivity contribution is 6.09. The predicted octanol–water partition coefficient (Wildman–Crippen LogP) is 3.01. The van der Waals surface area contributed by atoms with Crippen LogP contribution in [-0.4, -0.2) is 60.5 Å². The van der Waals surface area contributed by atoms with Gasteiger partial charge in [-0.05, 0) is 43.9 Å². The van der Waals surface area contributed by atoms with Gasteiger partial charge in [-0.1, -0.05) is 25.7 Å². The molecule has 1 aromatic carbocycles. The van der Waals surface area contributed by atoms with Gasteiger partial charge >= 0.3 is 6.03 Å². The molecule has 0 bridgehead atoms. The molecule has 2 aliphatic heterocycles. The zero-order valence-electron chi connectivity index (χ0n) is 18.3. The number of carbonyl (C=O) groups excluding carboxylic acids is 3. The fourth-order valence-electron chi connectivity index (χ4n) is 5.21. The maximum absolute atomic E-state index is 13.2. The normalized spacial score (nSPS) is 23.1. The molecular weight excluding hydrogens is 398 g/mol. The Balaban J connectivity index is 1.52. The number of rotatable bonds is 5. The van der Waals surface area contributed by atoms with Crippen molar-refractivity contribution >= 4 is 17.8 Å². The summed E-state index contributed by atoms with van der Waals surface area (Å²) in [5.41, 5.74) is 0.0546. The van der Waals surface area contributed by atoms with Crippen molar-refractivity contribution in [3.63, 3.8) is 0 Å². The molecule has 31 heavy (non-hydrogen) atoms. The zero-order valence-corrected chi connectivity index (χ0v) is 18.3. The molecule has 1 N–H and O–H groups in total. The van der Waals surface area contributed by atoms with Crippen LogP contribution in [0.1, 0.15) is 63.0 Å². The summed E-state index contributed by atoms with van der Waals surface area (Å²) in [7, 11) is 3.20. The van der Waals surface area contributed by atoms with Gasteiger partial charge in [-0.15, -0.1) is 0 Å². The van der Waals surface area contributed by atoms with Crippen molar-refractivity contribution in [2.45, 2.75) is 62.9 Å². The van der Waals surface area contributed by atoms with E-state index in [0.717, 1.165) is 49.0 Å². The zero-order chi connectivity index (χ0) is 22.0. The Morgan fingerprint density at radius 3 is 2.52 bits per heavy atom. The maximum Gasteiger partial charge on any atom is 0.325 e. The molecule has 3 fully saturated rings. The van der Waals surface area contributed by atoms with E-state index in [9.17, 15) is 14.4 Å². The van der Waals surface area contributed by atoms with E-state index in [0.29, 0.717) is 30.9 Å². The van der Waals surface area contributed by atoms with E-state index >= 15 is 0 Å². The second-order valence-corrected chi connectivity index (χ2v) is 8.67. The summed E-state index contributed by atoms with van der Waals surface area (Å²) in [5.74, 6) is 0.918. The van der Waals surface area contributed by atoms with Gasteiger partial charge in [0, 0.05) is 12.1 Å². The predicted molar refractivity (Wildman–Crippen MR) is 114 cm³/mol. The molecule has 0 unspecified atom stereocenters. The Bertz CT molecular complexity index is 863. The van der Waals surface area contributed by atoms with Crippen LogP contribution < -0.4 is 14.8 Å². The highest BCUT2D eigenvalue weighted by atomic mass is 16.5. The first-order valence-corrected chi connectivity index (χ1v) is 11.1. The highest BCUT2D eigenvalue weighted by Crippen LogP contribution is 2.39. The highest BCUT2D eigenvalue weighted by Gasteiger charge is 2.51. The summed E-state index contributed by atoms with van der Waals surface area (Å²) in [6, 6.07) is 4.93. The van der Waals surface area contributed by atoms with Gasteiger partial charge in [-0.2, -0.15) is 0 Å². The second kappa shape index (κ2) is 8.77. The molecule has 8 heteroatoms. The average Bonchev–Trinajstić information content (AvgIpc) is 3.26. The van der Waals surface area contributed by atoms with Crippen molar-refractivity contribution in [2.24, 2.45) is 0 Å². The third kappa shape index (κ3) is 3.95. The van der Waals surface area contributed by atoms with E-state index in [-0.39, 0.29) is 24.4 Å². The minimum absolute atomic E-state index is 0.176. The molecule has 0 radical (unpaired) electrons. The number of hydrogen-bond acceptors (Lipinski definition) is 5. The number of nitrogens with one attached hydrogen (secondary N) is 1. The third-order valence-electron chi connectivity index (χ3n) is 6.87. The van der Waals surface area contributed by atoms with E-state index in [1.54, 1.807) is 19.1 Å². The first-order chi connectivity index (χ1) is 15.0. The first-order valence-electron chi connectivity index (χ1n) is 11.1. The van der Waals surface area contributed by atoms with Crippen molar-refractivity contribution in [1.82, 2.24) is 15.1 Å². The van der Waals surface area contributed by atoms with Crippen LogP contribution in [0.2, 0.25) is 0 Å². The van der Waals surface area contributed by atoms with Crippen LogP contribution in [0, 0.1) is 0 Å². The second-order valence-electron chi connectivity index (χ2n) is 8.67. The summed E-state index contributed by atoms with van der Waals surface area (Å²) in [6.07, 6.45) is 6.91. The van der Waals surface area contributed by atoms with Crippen molar-refractivity contribution < 1.29 is 23.9 Å². The molecule has 1 atom stereocenters. The van der Waals surface area contributed by atoms with Crippen LogP contribution in [0.15, 0.2) is 18.2 Å². The minimum atomic E-state index is -0.825. The van der Waals surface area contributed by atoms with E-state index < -0.39 is 11.6 Å². The minimum Gasteiger partial charge on any atom is -0.497 e. The Morgan fingerprint density at radius 1 is 1.10 bits per heavy atom. The lowest BCUT2D eigenvalue weighted by Crippen LogP contribution is -2.47. The number of nitrogens with zero attached hydrogens (tertiary/aromatic N) is 2. The van der Waals surface area contributed by atoms with E-state index in [2.05, 4.69) is 5.32 Å². The summed E-state index contributed by atoms with van der Waals surface area (Å²) in [4.78, 5) is 41.9. The molecular formula is C23H31N3O5. The van der Waals surface area contributed by atoms with Crippen LogP contribution in [0.3, 0.4) is 0 Å². The Kier molecular flexibility index (Phi) is 6.07. The quantitative estimate of drug-likeness (QED) is 0.727. The number of urea groups is 1. The summed E-state index contributed by atoms with van der Waals surface area (Å²) in [5, 5.41) is 2.91. The fraction of sp³-hybridized carbons (Fsp3) is 0.609. The standard InChI is InChI=1S/C23H31N3O5/c1-30-16-9-10-19(31-2)17(14-16)18-8-7-13-25(18)20(27)15-26-21(28)23(24-22(26)29)11-5-3-4-6-12-23/h9-10,14,18H,3-8,11-13,15H2,1-2H3,(H,24,29)/t18-/m0/s1. The average molecular weight is 430 g/mol. The molecule has 0 aromatic heterocycles. The Morgan fingerprint density at radius 2 is 1.84 bits per heavy atom. The van der Waals surface area contributed by atoms with Crippen molar-refractivity contribution in [3.8, 4) is 11.5 Å². The Labute approximate surface area is 182 Å². The molecule has 1 aromatic rings. The number of carbonyl (C=O) groups is 3. The van der Waals surface area contributed by atoms with Crippen molar-refractivity contribution in [3.05, 3.63) is 23.8 Å². The van der Waals surface area contributed by atoms with Crippen LogP contribution in [0.25, 0.3) is 0 Å². The summed E-state index contributed by atoms with van der Waals surface area (Å²) >= 11 is 0. The van der Waals surface area contributed by atoms with Crippen LogP contribution in [0.5, 0.6) is 11.5 Å². The number of imide groups is 1. The monoisotopic (exact) mass is 429 g/mol. The SMILES string of the molecule is COc1ccc(OC)c([C@@H]2CCCN2C(=O)CN2C(=O)NC3(CCCCCC3)C2=O)c1. The van der Waals surface area contributed by atoms with E-state index in [4.69, 9.17) is 9.47 Å². The van der Waals surface area contributed by atoms with Gasteiger partial charge in [-0.3, -0.25) is 14.5 Å². The lowest BCUT2D eigenvalue weighted by atomic mass is 9.90. The molecule has 168 valence electrons. The number of methoxy groups -OCH3 is 2. The van der Waals surface area contributed by atoms with Crippen LogP contribution in [-0.2, 0) is 9.59 Å². The van der Waals surface area contributed by atoms with Crippen LogP contribution >= 0.6 is 0 Å². The topological polar surface area (TPSA) is 88.2 Å². The molecule has 1 saturated carbocycles. The molecule has 4 rings (SSSR count). The molecule has 2 heterocycles. The van der Waals surface area contributed by atoms with Crippen molar-refractivity contribution in [1.29, 1.82) is 0 Å². The van der Waals surface area contributed by atoms with Gasteiger partial charge in [0.15, 0.2) is 0 Å². The van der Waals surface area contributed by atoms with E-state index in [1.165, 1.54) is 0 Å². The van der Waals surface area contributed by atoms with Crippen LogP contribution in [0.4, 0.5) is 4.79 Å². The molecule has 1 aliphatic carbocycles.